The number of rotatable bonds is 6. The first kappa shape index (κ1) is 15.8. The third-order valence-corrected chi connectivity index (χ3v) is 3.35. The van der Waals surface area contributed by atoms with E-state index in [0.717, 1.165) is 6.42 Å². The molecule has 0 saturated carbocycles. The van der Waals surface area contributed by atoms with Crippen molar-refractivity contribution in [1.29, 1.82) is 0 Å². The molecular weight excluding hydrogens is 264 g/mol. The zero-order valence-corrected chi connectivity index (χ0v) is 12.3. The molecule has 1 unspecified atom stereocenters. The maximum Gasteiger partial charge on any atom is 0.241 e. The van der Waals surface area contributed by atoms with Gasteiger partial charge in [-0.1, -0.05) is 31.9 Å². The molecule has 0 radical (unpaired) electrons. The molecule has 0 aliphatic heterocycles. The lowest BCUT2D eigenvalue weighted by Crippen LogP contribution is -2.40. The molecule has 4 nitrogen and oxygen atoms in total. The van der Waals surface area contributed by atoms with Crippen molar-refractivity contribution in [2.75, 3.05) is 11.9 Å². The van der Waals surface area contributed by atoms with Crippen LogP contribution in [0.5, 0.6) is 5.75 Å². The first-order valence-electron chi connectivity index (χ1n) is 6.48. The number of amides is 1. The summed E-state index contributed by atoms with van der Waals surface area (Å²) >= 11 is 6.05. The summed E-state index contributed by atoms with van der Waals surface area (Å²) in [6, 6.07) is 4.62. The summed E-state index contributed by atoms with van der Waals surface area (Å²) in [5.74, 6) is 0.543. The van der Waals surface area contributed by atoms with Crippen LogP contribution in [0, 0.1) is 5.92 Å². The summed E-state index contributed by atoms with van der Waals surface area (Å²) < 4.78 is 5.33. The highest BCUT2D eigenvalue weighted by Gasteiger charge is 2.19. The summed E-state index contributed by atoms with van der Waals surface area (Å²) in [5, 5.41) is 3.23. The summed E-state index contributed by atoms with van der Waals surface area (Å²) in [5.41, 5.74) is 6.49. The number of hydrogen-bond donors (Lipinski definition) is 2. The monoisotopic (exact) mass is 284 g/mol. The van der Waals surface area contributed by atoms with Gasteiger partial charge in [0.1, 0.15) is 5.75 Å². The molecule has 1 aromatic rings. The Morgan fingerprint density at radius 1 is 1.47 bits per heavy atom. The van der Waals surface area contributed by atoms with Crippen LogP contribution in [0.4, 0.5) is 5.69 Å². The Bertz CT molecular complexity index is 437. The maximum atomic E-state index is 11.9. The first-order valence-corrected chi connectivity index (χ1v) is 6.86. The zero-order valence-electron chi connectivity index (χ0n) is 11.6. The van der Waals surface area contributed by atoms with Gasteiger partial charge < -0.3 is 15.8 Å². The predicted octanol–water partition coefficient (Wildman–Crippen LogP) is 3.05. The van der Waals surface area contributed by atoms with Gasteiger partial charge in [0.15, 0.2) is 0 Å². The average molecular weight is 285 g/mol. The molecule has 0 aliphatic rings. The highest BCUT2D eigenvalue weighted by Crippen LogP contribution is 2.27. The van der Waals surface area contributed by atoms with Crippen molar-refractivity contribution < 1.29 is 9.53 Å². The Morgan fingerprint density at radius 2 is 2.16 bits per heavy atom. The summed E-state index contributed by atoms with van der Waals surface area (Å²) in [4.78, 5) is 11.9. The molecular formula is C14H21ClN2O2. The summed E-state index contributed by atoms with van der Waals surface area (Å²) in [6.07, 6.45) is 0.860. The number of carbonyl (C=O) groups is 1. The minimum absolute atomic E-state index is 0.137. The van der Waals surface area contributed by atoms with Crippen LogP contribution in [0.15, 0.2) is 18.2 Å². The number of hydrogen-bond acceptors (Lipinski definition) is 3. The second-order valence-corrected chi connectivity index (χ2v) is 4.89. The van der Waals surface area contributed by atoms with E-state index in [1.54, 1.807) is 18.2 Å². The van der Waals surface area contributed by atoms with E-state index in [2.05, 4.69) is 5.32 Å². The molecule has 2 atom stereocenters. The molecule has 0 fully saturated rings. The van der Waals surface area contributed by atoms with Crippen LogP contribution in [0.25, 0.3) is 0 Å². The van der Waals surface area contributed by atoms with E-state index in [4.69, 9.17) is 22.1 Å². The van der Waals surface area contributed by atoms with Crippen LogP contribution in [-0.2, 0) is 4.79 Å². The molecule has 0 spiro atoms. The van der Waals surface area contributed by atoms with Crippen LogP contribution in [0.1, 0.15) is 27.2 Å². The fraction of sp³-hybridized carbons (Fsp3) is 0.500. The molecule has 0 saturated heterocycles. The third kappa shape index (κ3) is 4.40. The molecule has 1 rings (SSSR count). The molecule has 0 aromatic heterocycles. The second-order valence-electron chi connectivity index (χ2n) is 4.48. The largest absolute Gasteiger partial charge is 0.492 e. The van der Waals surface area contributed by atoms with Crippen molar-refractivity contribution in [3.05, 3.63) is 23.2 Å². The van der Waals surface area contributed by atoms with Gasteiger partial charge in [0, 0.05) is 5.69 Å². The minimum Gasteiger partial charge on any atom is -0.492 e. The summed E-state index contributed by atoms with van der Waals surface area (Å²) in [7, 11) is 0. The van der Waals surface area contributed by atoms with Crippen molar-refractivity contribution in [2.24, 2.45) is 11.7 Å². The second kappa shape index (κ2) is 7.36. The molecule has 0 bridgehead atoms. The Hall–Kier alpha value is -1.26. The lowest BCUT2D eigenvalue weighted by atomic mass is 9.99. The van der Waals surface area contributed by atoms with Crippen LogP contribution >= 0.6 is 11.6 Å². The lowest BCUT2D eigenvalue weighted by Gasteiger charge is -2.18. The third-order valence-electron chi connectivity index (χ3n) is 3.06. The van der Waals surface area contributed by atoms with E-state index < -0.39 is 6.04 Å². The van der Waals surface area contributed by atoms with Gasteiger partial charge >= 0.3 is 0 Å². The Kier molecular flexibility index (Phi) is 6.12. The minimum atomic E-state index is -0.518. The van der Waals surface area contributed by atoms with Gasteiger partial charge in [0.25, 0.3) is 0 Å². The van der Waals surface area contributed by atoms with E-state index in [9.17, 15) is 4.79 Å². The smallest absolute Gasteiger partial charge is 0.241 e. The molecule has 106 valence electrons. The number of carbonyl (C=O) groups excluding carboxylic acids is 1. The van der Waals surface area contributed by atoms with Gasteiger partial charge in [-0.2, -0.15) is 0 Å². The van der Waals surface area contributed by atoms with E-state index >= 15 is 0 Å². The number of anilines is 1. The number of nitrogens with one attached hydrogen (secondary N) is 1. The van der Waals surface area contributed by atoms with Gasteiger partial charge in [-0.05, 0) is 31.0 Å². The molecule has 0 aliphatic carbocycles. The van der Waals surface area contributed by atoms with E-state index in [0.29, 0.717) is 23.1 Å². The number of halogens is 1. The SMILES string of the molecule is CCOc1ccc(NC(=O)[C@@H](N)C(C)CC)cc1Cl. The zero-order chi connectivity index (χ0) is 14.4. The quantitative estimate of drug-likeness (QED) is 0.844. The normalized spacial score (nSPS) is 13.7. The van der Waals surface area contributed by atoms with Crippen molar-refractivity contribution in [2.45, 2.75) is 33.2 Å². The van der Waals surface area contributed by atoms with Crippen molar-refractivity contribution >= 4 is 23.2 Å². The topological polar surface area (TPSA) is 64.3 Å². The van der Waals surface area contributed by atoms with Gasteiger partial charge in [-0.25, -0.2) is 0 Å². The molecule has 5 heteroatoms. The van der Waals surface area contributed by atoms with Crippen LogP contribution < -0.4 is 15.8 Å². The standard InChI is InChI=1S/C14H21ClN2O2/c1-4-9(3)13(16)14(18)17-10-6-7-12(19-5-2)11(15)8-10/h6-9,13H,4-5,16H2,1-3H3,(H,17,18)/t9?,13-/m0/s1. The highest BCUT2D eigenvalue weighted by atomic mass is 35.5. The lowest BCUT2D eigenvalue weighted by molar-refractivity contribution is -0.118. The maximum absolute atomic E-state index is 11.9. The van der Waals surface area contributed by atoms with Gasteiger partial charge in [-0.3, -0.25) is 4.79 Å². The highest BCUT2D eigenvalue weighted by molar-refractivity contribution is 6.32. The molecule has 1 aromatic carbocycles. The van der Waals surface area contributed by atoms with Crippen molar-refractivity contribution in [1.82, 2.24) is 0 Å². The number of benzene rings is 1. The Balaban J connectivity index is 2.72. The van der Waals surface area contributed by atoms with Crippen molar-refractivity contribution in [3.63, 3.8) is 0 Å². The van der Waals surface area contributed by atoms with Crippen LogP contribution in [-0.4, -0.2) is 18.6 Å². The average Bonchev–Trinajstić information content (AvgIpc) is 2.40. The van der Waals surface area contributed by atoms with Crippen LogP contribution in [0.2, 0.25) is 5.02 Å². The van der Waals surface area contributed by atoms with Gasteiger partial charge in [0.05, 0.1) is 17.7 Å². The molecule has 19 heavy (non-hydrogen) atoms. The molecule has 1 amide bonds. The molecule has 0 heterocycles. The Labute approximate surface area is 119 Å². The molecule has 3 N–H and O–H groups in total. The summed E-state index contributed by atoms with van der Waals surface area (Å²) in [6.45, 7) is 6.39. The van der Waals surface area contributed by atoms with E-state index in [-0.39, 0.29) is 11.8 Å². The van der Waals surface area contributed by atoms with Gasteiger partial charge in [-0.15, -0.1) is 0 Å². The predicted molar refractivity (Wildman–Crippen MR) is 78.7 cm³/mol. The van der Waals surface area contributed by atoms with Gasteiger partial charge in [0.2, 0.25) is 5.91 Å². The Morgan fingerprint density at radius 3 is 2.68 bits per heavy atom. The first-order chi connectivity index (χ1) is 8.99. The number of nitrogens with two attached hydrogens (primary N) is 1. The van der Waals surface area contributed by atoms with Crippen LogP contribution in [0.3, 0.4) is 0 Å². The number of ether oxygens (including phenoxy) is 1. The fourth-order valence-corrected chi connectivity index (χ4v) is 1.82. The fourth-order valence-electron chi connectivity index (χ4n) is 1.59. The van der Waals surface area contributed by atoms with Crippen molar-refractivity contribution in [3.8, 4) is 5.75 Å². The van der Waals surface area contributed by atoms with E-state index in [1.807, 2.05) is 20.8 Å². The van der Waals surface area contributed by atoms with E-state index in [1.165, 1.54) is 0 Å².